The summed E-state index contributed by atoms with van der Waals surface area (Å²) in [7, 11) is 0. The van der Waals surface area contributed by atoms with Gasteiger partial charge in [-0.2, -0.15) is 0 Å². The van der Waals surface area contributed by atoms with Crippen molar-refractivity contribution in [3.05, 3.63) is 53.7 Å². The first-order chi connectivity index (χ1) is 11.2. The fraction of sp³-hybridized carbons (Fsp3) is 0.235. The number of aryl methyl sites for hydroxylation is 2. The van der Waals surface area contributed by atoms with E-state index in [9.17, 15) is 4.79 Å². The minimum Gasteiger partial charge on any atom is -0.453 e. The monoisotopic (exact) mass is 310 g/mol. The molecular weight excluding hydrogens is 292 g/mol. The van der Waals surface area contributed by atoms with Crippen LogP contribution in [0.2, 0.25) is 0 Å². The molecule has 6 heteroatoms. The van der Waals surface area contributed by atoms with Gasteiger partial charge in [0.15, 0.2) is 12.3 Å². The number of para-hydroxylation sites is 1. The average molecular weight is 310 g/mol. The smallest absolute Gasteiger partial charge is 0.322 e. The fourth-order valence-corrected chi connectivity index (χ4v) is 2.43. The topological polar surface area (TPSA) is 68.5 Å². The van der Waals surface area contributed by atoms with Crippen molar-refractivity contribution in [1.82, 2.24) is 14.6 Å². The second kappa shape index (κ2) is 6.48. The van der Waals surface area contributed by atoms with Crippen LogP contribution in [0.25, 0.3) is 5.65 Å². The number of hydrogen-bond acceptors (Lipinski definition) is 4. The molecule has 23 heavy (non-hydrogen) atoms. The molecule has 0 aliphatic heterocycles. The van der Waals surface area contributed by atoms with Crippen LogP contribution >= 0.6 is 0 Å². The van der Waals surface area contributed by atoms with Gasteiger partial charge in [-0.05, 0) is 36.6 Å². The molecule has 0 bridgehead atoms. The Morgan fingerprint density at radius 2 is 2.09 bits per heavy atom. The second-order valence-corrected chi connectivity index (χ2v) is 5.21. The third-order valence-corrected chi connectivity index (χ3v) is 3.62. The van der Waals surface area contributed by atoms with Crippen LogP contribution in [0, 0.1) is 6.92 Å². The zero-order valence-electron chi connectivity index (χ0n) is 13.1. The van der Waals surface area contributed by atoms with Gasteiger partial charge < -0.3 is 10.1 Å². The zero-order chi connectivity index (χ0) is 16.2. The van der Waals surface area contributed by atoms with Crippen LogP contribution in [0.15, 0.2) is 42.6 Å². The average Bonchev–Trinajstić information content (AvgIpc) is 2.98. The number of benzene rings is 1. The van der Waals surface area contributed by atoms with Crippen LogP contribution in [0.5, 0.6) is 6.01 Å². The van der Waals surface area contributed by atoms with Crippen molar-refractivity contribution in [3.8, 4) is 6.01 Å². The molecule has 0 radical (unpaired) electrons. The molecule has 1 amide bonds. The van der Waals surface area contributed by atoms with Gasteiger partial charge >= 0.3 is 6.01 Å². The Morgan fingerprint density at radius 1 is 1.22 bits per heavy atom. The lowest BCUT2D eigenvalue weighted by Gasteiger charge is -2.13. The normalized spacial score (nSPS) is 10.7. The van der Waals surface area contributed by atoms with Crippen LogP contribution in [0.4, 0.5) is 5.69 Å². The number of pyridine rings is 1. The summed E-state index contributed by atoms with van der Waals surface area (Å²) in [4.78, 5) is 12.2. The van der Waals surface area contributed by atoms with Gasteiger partial charge in [0.2, 0.25) is 0 Å². The van der Waals surface area contributed by atoms with Crippen LogP contribution in [0.1, 0.15) is 18.1 Å². The molecule has 0 aliphatic rings. The number of carbonyl (C=O) groups is 1. The highest BCUT2D eigenvalue weighted by Crippen LogP contribution is 2.21. The van der Waals surface area contributed by atoms with E-state index >= 15 is 0 Å². The molecule has 2 aromatic heterocycles. The maximum absolute atomic E-state index is 12.2. The largest absolute Gasteiger partial charge is 0.453 e. The SMILES string of the molecule is CCc1cccc(C)c1NC(=O)COc1nnc2ccccn12. The number of fused-ring (bicyclic) bond motifs is 1. The van der Waals surface area contributed by atoms with Gasteiger partial charge in [-0.25, -0.2) is 0 Å². The standard InChI is InChI=1S/C17H18N4O2/c1-3-13-8-6-7-12(2)16(13)18-15(22)11-23-17-20-19-14-9-4-5-10-21(14)17/h4-10H,3,11H2,1-2H3,(H,18,22). The van der Waals surface area contributed by atoms with E-state index in [1.54, 1.807) is 10.6 Å². The number of hydrogen-bond donors (Lipinski definition) is 1. The van der Waals surface area contributed by atoms with Crippen molar-refractivity contribution in [2.24, 2.45) is 0 Å². The predicted molar refractivity (Wildman–Crippen MR) is 87.7 cm³/mol. The van der Waals surface area contributed by atoms with Gasteiger partial charge in [0.05, 0.1) is 0 Å². The summed E-state index contributed by atoms with van der Waals surface area (Å²) in [5.41, 5.74) is 3.67. The quantitative estimate of drug-likeness (QED) is 0.786. The molecule has 0 saturated heterocycles. The van der Waals surface area contributed by atoms with E-state index in [1.165, 1.54) is 0 Å². The number of nitrogens with one attached hydrogen (secondary N) is 1. The molecule has 0 aliphatic carbocycles. The van der Waals surface area contributed by atoms with Crippen LogP contribution in [-0.4, -0.2) is 27.1 Å². The number of anilines is 1. The predicted octanol–water partition coefficient (Wildman–Crippen LogP) is 2.62. The van der Waals surface area contributed by atoms with Gasteiger partial charge in [-0.15, -0.1) is 5.10 Å². The van der Waals surface area contributed by atoms with E-state index in [1.807, 2.05) is 43.3 Å². The van der Waals surface area contributed by atoms with Gasteiger partial charge in [0.25, 0.3) is 5.91 Å². The van der Waals surface area contributed by atoms with Crippen LogP contribution in [-0.2, 0) is 11.2 Å². The Kier molecular flexibility index (Phi) is 4.23. The second-order valence-electron chi connectivity index (χ2n) is 5.21. The van der Waals surface area contributed by atoms with Gasteiger partial charge in [-0.1, -0.05) is 36.3 Å². The van der Waals surface area contributed by atoms with E-state index in [4.69, 9.17) is 4.74 Å². The summed E-state index contributed by atoms with van der Waals surface area (Å²) in [6, 6.07) is 11.8. The highest BCUT2D eigenvalue weighted by molar-refractivity contribution is 5.93. The first-order valence-corrected chi connectivity index (χ1v) is 7.50. The Hall–Kier alpha value is -2.89. The Labute approximate surface area is 134 Å². The van der Waals surface area contributed by atoms with Crippen molar-refractivity contribution < 1.29 is 9.53 Å². The molecule has 1 N–H and O–H groups in total. The molecule has 3 aromatic rings. The van der Waals surface area contributed by atoms with Crippen molar-refractivity contribution in [3.63, 3.8) is 0 Å². The Balaban J connectivity index is 1.69. The van der Waals surface area contributed by atoms with Crippen LogP contribution in [0.3, 0.4) is 0 Å². The summed E-state index contributed by atoms with van der Waals surface area (Å²) < 4.78 is 7.18. The molecule has 0 atom stereocenters. The third kappa shape index (κ3) is 3.15. The Morgan fingerprint density at radius 3 is 2.91 bits per heavy atom. The summed E-state index contributed by atoms with van der Waals surface area (Å²) in [5.74, 6) is -0.221. The van der Waals surface area contributed by atoms with Crippen molar-refractivity contribution in [1.29, 1.82) is 0 Å². The van der Waals surface area contributed by atoms with E-state index in [-0.39, 0.29) is 12.5 Å². The van der Waals surface area contributed by atoms with Gasteiger partial charge in [0, 0.05) is 11.9 Å². The summed E-state index contributed by atoms with van der Waals surface area (Å²) in [6.07, 6.45) is 2.64. The van der Waals surface area contributed by atoms with Crippen molar-refractivity contribution in [2.75, 3.05) is 11.9 Å². The summed E-state index contributed by atoms with van der Waals surface area (Å²) in [5, 5.41) is 10.8. The first-order valence-electron chi connectivity index (χ1n) is 7.50. The van der Waals surface area contributed by atoms with E-state index in [0.717, 1.165) is 23.2 Å². The van der Waals surface area contributed by atoms with Gasteiger partial charge in [-0.3, -0.25) is 9.20 Å². The lowest BCUT2D eigenvalue weighted by molar-refractivity contribution is -0.118. The minimum atomic E-state index is -0.221. The van der Waals surface area contributed by atoms with E-state index in [2.05, 4.69) is 22.4 Å². The molecule has 1 aromatic carbocycles. The lowest BCUT2D eigenvalue weighted by Crippen LogP contribution is -2.22. The highest BCUT2D eigenvalue weighted by Gasteiger charge is 2.11. The zero-order valence-corrected chi connectivity index (χ0v) is 13.1. The number of aromatic nitrogens is 3. The third-order valence-electron chi connectivity index (χ3n) is 3.62. The molecule has 118 valence electrons. The molecule has 0 fully saturated rings. The minimum absolute atomic E-state index is 0.118. The molecule has 0 saturated carbocycles. The Bertz CT molecular complexity index is 841. The summed E-state index contributed by atoms with van der Waals surface area (Å²) in [6.45, 7) is 3.91. The maximum atomic E-state index is 12.2. The molecule has 6 nitrogen and oxygen atoms in total. The fourth-order valence-electron chi connectivity index (χ4n) is 2.43. The number of nitrogens with zero attached hydrogens (tertiary/aromatic N) is 3. The number of rotatable bonds is 5. The molecule has 2 heterocycles. The number of ether oxygens (including phenoxy) is 1. The molecular formula is C17H18N4O2. The van der Waals surface area contributed by atoms with Crippen molar-refractivity contribution in [2.45, 2.75) is 20.3 Å². The lowest BCUT2D eigenvalue weighted by atomic mass is 10.1. The maximum Gasteiger partial charge on any atom is 0.322 e. The molecule has 0 spiro atoms. The summed E-state index contributed by atoms with van der Waals surface area (Å²) >= 11 is 0. The number of carbonyl (C=O) groups excluding carboxylic acids is 1. The highest BCUT2D eigenvalue weighted by atomic mass is 16.5. The first kappa shape index (κ1) is 15.0. The van der Waals surface area contributed by atoms with E-state index < -0.39 is 0 Å². The number of amides is 1. The van der Waals surface area contributed by atoms with Crippen LogP contribution < -0.4 is 10.1 Å². The molecule has 3 rings (SSSR count). The van der Waals surface area contributed by atoms with Crippen molar-refractivity contribution >= 4 is 17.2 Å². The van der Waals surface area contributed by atoms with E-state index in [0.29, 0.717) is 11.7 Å². The van der Waals surface area contributed by atoms with Gasteiger partial charge in [0.1, 0.15) is 0 Å². The molecule has 0 unspecified atom stereocenters.